The molecule has 0 saturated heterocycles. The molecule has 0 saturated carbocycles. The van der Waals surface area contributed by atoms with E-state index in [1.807, 2.05) is 19.9 Å². The van der Waals surface area contributed by atoms with Crippen LogP contribution in [-0.4, -0.2) is 5.91 Å². The van der Waals surface area contributed by atoms with Gasteiger partial charge in [0.2, 0.25) is 5.91 Å². The molecular formula is C21H27NO. The SMILES string of the molecule is C=C(CC=C(C)C)C(=O)N[C@H]1CCc2cc(C(=C)CC)ccc21. The van der Waals surface area contributed by atoms with E-state index in [2.05, 4.69) is 43.6 Å². The Bertz CT molecular complexity index is 662. The molecule has 0 aromatic heterocycles. The lowest BCUT2D eigenvalue weighted by molar-refractivity contribution is -0.118. The van der Waals surface area contributed by atoms with E-state index >= 15 is 0 Å². The van der Waals surface area contributed by atoms with Crippen LogP contribution in [0.4, 0.5) is 0 Å². The second-order valence-electron chi connectivity index (χ2n) is 6.52. The molecule has 0 bridgehead atoms. The van der Waals surface area contributed by atoms with Crippen molar-refractivity contribution >= 4 is 11.5 Å². The molecule has 1 amide bonds. The maximum absolute atomic E-state index is 12.3. The van der Waals surface area contributed by atoms with Crippen LogP contribution >= 0.6 is 0 Å². The van der Waals surface area contributed by atoms with Crippen molar-refractivity contribution in [2.45, 2.75) is 52.5 Å². The molecule has 1 aliphatic rings. The smallest absolute Gasteiger partial charge is 0.247 e. The molecule has 23 heavy (non-hydrogen) atoms. The van der Waals surface area contributed by atoms with Gasteiger partial charge in [0.25, 0.3) is 0 Å². The summed E-state index contributed by atoms with van der Waals surface area (Å²) < 4.78 is 0. The Labute approximate surface area is 140 Å². The molecule has 0 fully saturated rings. The molecule has 0 unspecified atom stereocenters. The fourth-order valence-corrected chi connectivity index (χ4v) is 2.87. The standard InChI is InChI=1S/C21H27NO/c1-6-15(4)17-9-11-19-18(13-17)10-12-20(19)22-21(23)16(5)8-7-14(2)3/h7,9,11,13,20H,4-6,8,10,12H2,1-3H3,(H,22,23)/t20-/m0/s1. The van der Waals surface area contributed by atoms with E-state index in [0.717, 1.165) is 24.8 Å². The number of hydrogen-bond donors (Lipinski definition) is 1. The molecule has 122 valence electrons. The third kappa shape index (κ3) is 4.22. The lowest BCUT2D eigenvalue weighted by Gasteiger charge is -2.15. The third-order valence-electron chi connectivity index (χ3n) is 4.44. The average Bonchev–Trinajstić information content (AvgIpc) is 2.93. The molecule has 2 nitrogen and oxygen atoms in total. The minimum Gasteiger partial charge on any atom is -0.346 e. The van der Waals surface area contributed by atoms with Crippen LogP contribution in [0.25, 0.3) is 5.57 Å². The molecule has 1 aromatic carbocycles. The monoisotopic (exact) mass is 309 g/mol. The molecule has 0 aliphatic heterocycles. The molecule has 0 heterocycles. The van der Waals surface area contributed by atoms with Gasteiger partial charge >= 0.3 is 0 Å². The maximum atomic E-state index is 12.3. The van der Waals surface area contributed by atoms with E-state index in [-0.39, 0.29) is 11.9 Å². The summed E-state index contributed by atoms with van der Waals surface area (Å²) in [6.07, 6.45) is 5.57. The number of nitrogens with one attached hydrogen (secondary N) is 1. The molecule has 1 aromatic rings. The quantitative estimate of drug-likeness (QED) is 0.573. The fourth-order valence-electron chi connectivity index (χ4n) is 2.87. The highest BCUT2D eigenvalue weighted by Crippen LogP contribution is 2.33. The van der Waals surface area contributed by atoms with Crippen LogP contribution in [0.5, 0.6) is 0 Å². The largest absolute Gasteiger partial charge is 0.346 e. The molecular weight excluding hydrogens is 282 g/mol. The number of amides is 1. The van der Waals surface area contributed by atoms with Crippen molar-refractivity contribution < 1.29 is 4.79 Å². The predicted octanol–water partition coefficient (Wildman–Crippen LogP) is 5.13. The van der Waals surface area contributed by atoms with Crippen molar-refractivity contribution in [3.63, 3.8) is 0 Å². The van der Waals surface area contributed by atoms with Gasteiger partial charge in [0.1, 0.15) is 0 Å². The van der Waals surface area contributed by atoms with Crippen LogP contribution in [0.1, 0.15) is 62.8 Å². The zero-order chi connectivity index (χ0) is 17.0. The van der Waals surface area contributed by atoms with E-state index in [1.165, 1.54) is 22.3 Å². The first-order valence-electron chi connectivity index (χ1n) is 8.35. The van der Waals surface area contributed by atoms with Crippen molar-refractivity contribution in [2.24, 2.45) is 0 Å². The van der Waals surface area contributed by atoms with Crippen LogP contribution in [0.15, 0.2) is 48.6 Å². The summed E-state index contributed by atoms with van der Waals surface area (Å²) >= 11 is 0. The van der Waals surface area contributed by atoms with Crippen LogP contribution in [-0.2, 0) is 11.2 Å². The average molecular weight is 309 g/mol. The maximum Gasteiger partial charge on any atom is 0.247 e. The Kier molecular flexibility index (Phi) is 5.59. The molecule has 1 aliphatic carbocycles. The Morgan fingerprint density at radius 1 is 1.35 bits per heavy atom. The second kappa shape index (κ2) is 7.45. The number of carbonyl (C=O) groups is 1. The Morgan fingerprint density at radius 2 is 2.09 bits per heavy atom. The molecule has 1 atom stereocenters. The van der Waals surface area contributed by atoms with Crippen LogP contribution < -0.4 is 5.32 Å². The number of benzene rings is 1. The minimum absolute atomic E-state index is 0.0394. The van der Waals surface area contributed by atoms with E-state index in [1.54, 1.807) is 0 Å². The number of hydrogen-bond acceptors (Lipinski definition) is 1. The van der Waals surface area contributed by atoms with E-state index < -0.39 is 0 Å². The highest BCUT2D eigenvalue weighted by Gasteiger charge is 2.24. The summed E-state index contributed by atoms with van der Waals surface area (Å²) in [6, 6.07) is 6.59. The van der Waals surface area contributed by atoms with Crippen molar-refractivity contribution in [1.29, 1.82) is 0 Å². The molecule has 2 heteroatoms. The lowest BCUT2D eigenvalue weighted by Crippen LogP contribution is -2.28. The number of fused-ring (bicyclic) bond motifs is 1. The summed E-state index contributed by atoms with van der Waals surface area (Å²) in [4.78, 5) is 12.3. The van der Waals surface area contributed by atoms with Crippen LogP contribution in [0, 0.1) is 0 Å². The number of rotatable bonds is 6. The van der Waals surface area contributed by atoms with Crippen LogP contribution in [0.3, 0.4) is 0 Å². The zero-order valence-corrected chi connectivity index (χ0v) is 14.5. The van der Waals surface area contributed by atoms with Gasteiger partial charge in [0.05, 0.1) is 6.04 Å². The van der Waals surface area contributed by atoms with Crippen molar-refractivity contribution in [3.8, 4) is 0 Å². The van der Waals surface area contributed by atoms with Crippen LogP contribution in [0.2, 0.25) is 0 Å². The normalized spacial score (nSPS) is 15.7. The van der Waals surface area contributed by atoms with Gasteiger partial charge in [-0.2, -0.15) is 0 Å². The summed E-state index contributed by atoms with van der Waals surface area (Å²) in [7, 11) is 0. The first kappa shape index (κ1) is 17.3. The first-order chi connectivity index (χ1) is 10.9. The summed E-state index contributed by atoms with van der Waals surface area (Å²) in [6.45, 7) is 14.2. The Balaban J connectivity index is 2.05. The lowest BCUT2D eigenvalue weighted by atomic mass is 9.99. The Hall–Kier alpha value is -2.09. The number of carbonyl (C=O) groups excluding carboxylic acids is 1. The number of aryl methyl sites for hydroxylation is 1. The van der Waals surface area contributed by atoms with E-state index in [0.29, 0.717) is 12.0 Å². The van der Waals surface area contributed by atoms with Crippen molar-refractivity contribution in [3.05, 3.63) is 65.3 Å². The molecule has 2 rings (SSSR count). The summed E-state index contributed by atoms with van der Waals surface area (Å²) in [5, 5.41) is 3.13. The number of allylic oxidation sites excluding steroid dienone is 3. The van der Waals surface area contributed by atoms with Gasteiger partial charge in [-0.3, -0.25) is 4.79 Å². The minimum atomic E-state index is -0.0394. The molecule has 0 spiro atoms. The summed E-state index contributed by atoms with van der Waals surface area (Å²) in [5.74, 6) is -0.0394. The fraction of sp³-hybridized carbons (Fsp3) is 0.381. The topological polar surface area (TPSA) is 29.1 Å². The van der Waals surface area contributed by atoms with Crippen molar-refractivity contribution in [2.75, 3.05) is 0 Å². The highest BCUT2D eigenvalue weighted by atomic mass is 16.1. The zero-order valence-electron chi connectivity index (χ0n) is 14.5. The second-order valence-corrected chi connectivity index (χ2v) is 6.52. The van der Waals surface area contributed by atoms with Gasteiger partial charge in [-0.05, 0) is 61.8 Å². The van der Waals surface area contributed by atoms with Gasteiger partial charge in [0, 0.05) is 5.57 Å². The van der Waals surface area contributed by atoms with E-state index in [4.69, 9.17) is 0 Å². The van der Waals surface area contributed by atoms with Gasteiger partial charge in [-0.1, -0.05) is 49.9 Å². The Morgan fingerprint density at radius 3 is 2.74 bits per heavy atom. The van der Waals surface area contributed by atoms with Gasteiger partial charge < -0.3 is 5.32 Å². The summed E-state index contributed by atoms with van der Waals surface area (Å²) in [5.41, 5.74) is 6.77. The molecule has 0 radical (unpaired) electrons. The highest BCUT2D eigenvalue weighted by molar-refractivity contribution is 5.93. The molecule has 1 N–H and O–H groups in total. The van der Waals surface area contributed by atoms with Gasteiger partial charge in [-0.25, -0.2) is 0 Å². The van der Waals surface area contributed by atoms with Gasteiger partial charge in [0.15, 0.2) is 0 Å². The predicted molar refractivity (Wildman–Crippen MR) is 98.2 cm³/mol. The van der Waals surface area contributed by atoms with Gasteiger partial charge in [-0.15, -0.1) is 0 Å². The first-order valence-corrected chi connectivity index (χ1v) is 8.35. The van der Waals surface area contributed by atoms with E-state index in [9.17, 15) is 4.79 Å². The third-order valence-corrected chi connectivity index (χ3v) is 4.44. The van der Waals surface area contributed by atoms with Crippen molar-refractivity contribution in [1.82, 2.24) is 5.32 Å².